The molecule has 1 saturated heterocycles. The van der Waals surface area contributed by atoms with E-state index in [1.54, 1.807) is 132 Å². The number of halogens is 6. The molecule has 2 atom stereocenters. The number of anilines is 1. The largest absolute Gasteiger partial charge is 0.493 e. The predicted molar refractivity (Wildman–Crippen MR) is 474 cm³/mol. The number of aromatic nitrogens is 14. The van der Waals surface area contributed by atoms with Gasteiger partial charge in [0.15, 0.2) is 5.78 Å². The lowest BCUT2D eigenvalue weighted by Gasteiger charge is -2.21. The molecule has 2 fully saturated rings. The van der Waals surface area contributed by atoms with Crippen molar-refractivity contribution in [2.75, 3.05) is 52.3 Å². The Morgan fingerprint density at radius 3 is 1.61 bits per heavy atom. The SMILES string of the molecule is CC(C)(O)c1cc(Cl)cc2[nH]ncc12.CC(C)C(O)c1cc(Cl)cc2[nH]ncc12.CC(C)COc1cccc2[nH]ncc12.CCNC(=O)c1cc(Cl)cc2[nH]ncc12.CN(C)C(=O)C1CCN(c2cc(Cl)cc3[nH]ncc23)C1.CNC(=O)c1ccc(-c2cc(Cl)cc3[nH]ncc23)cc1.O=C(CCC1CCCCC1)c1cc(Cl)cc2[nH]ncc12. The van der Waals surface area contributed by atoms with Crippen molar-refractivity contribution < 1.29 is 34.1 Å². The van der Waals surface area contributed by atoms with E-state index >= 15 is 0 Å². The molecule has 0 spiro atoms. The Labute approximate surface area is 712 Å². The number of nitrogens with zero attached hydrogens (tertiary/aromatic N) is 9. The van der Waals surface area contributed by atoms with Crippen LogP contribution in [0.3, 0.4) is 0 Å². The van der Waals surface area contributed by atoms with Crippen LogP contribution in [0.15, 0.2) is 159 Å². The van der Waals surface area contributed by atoms with E-state index in [1.807, 2.05) is 87.6 Å². The number of nitrogens with one attached hydrogen (secondary N) is 9. The first-order chi connectivity index (χ1) is 56.5. The van der Waals surface area contributed by atoms with E-state index in [2.05, 4.69) is 101 Å². The average molecular weight is 1720 g/mol. The second-order valence-corrected chi connectivity index (χ2v) is 33.0. The third-order valence-electron chi connectivity index (χ3n) is 20.2. The van der Waals surface area contributed by atoms with Crippen LogP contribution in [0, 0.1) is 23.7 Å². The van der Waals surface area contributed by atoms with E-state index in [0.29, 0.717) is 65.7 Å². The minimum Gasteiger partial charge on any atom is -0.493 e. The molecule has 15 aromatic rings. The highest BCUT2D eigenvalue weighted by atomic mass is 35.5. The summed E-state index contributed by atoms with van der Waals surface area (Å²) in [4.78, 5) is 51.6. The fourth-order valence-electron chi connectivity index (χ4n) is 14.1. The maximum absolute atomic E-state index is 12.5. The molecule has 25 nitrogen and oxygen atoms in total. The number of carbonyl (C=O) groups is 4. The molecule has 1 aliphatic heterocycles. The number of rotatable bonds is 16. The van der Waals surface area contributed by atoms with Crippen molar-refractivity contribution in [1.29, 1.82) is 0 Å². The normalized spacial score (nSPS) is 13.7. The first-order valence-corrected chi connectivity index (χ1v) is 41.1. The standard InChI is InChI=1S/C16H19ClN2O.C15H12ClN3O.C14H17ClN4O.C11H13ClN2O.C11H14N2O.C10H10ClN3O.C10H11ClN2O/c17-12-8-13(14-10-18-19-15(14)9-12)16(20)7-6-11-4-2-1-3-5-11;1-17-15(20)10-4-2-9(3-5-10)12-6-11(16)7-14-13(12)8-18-19-14;1-18(2)14(20)9-3-4-19(8-9)13-6-10(15)5-12-11(13)7-16-17-12;1-6(2)11(15)8-3-7(12)4-10-9(8)5-13-14-10;1-8(2)7-14-11-5-3-4-10-9(11)6-12-13-10;1-2-12-10(15)7-3-6(11)4-9-8(7)5-13-14-9;1-10(2,14)8-3-6(11)4-9-7(8)5-12-13-9/h8-11H,1-7H2,(H,18,19);2-8H,1H3,(H,17,20)(H,18,19);5-7,9H,3-4,8H2,1-2H3,(H,16,17);3-6,11,15H,1-2H3,(H,13,14);3-6,8H,7H2,1-2H3,(H,12,13);3-5H,2H2,1H3,(H,12,15)(H,13,14);3-5,14H,1-2H3,(H,12,13). The average Bonchev–Trinajstić information content (AvgIpc) is 1.62. The number of hydrogen-bond donors (Lipinski definition) is 11. The topological polar surface area (TPSA) is 349 Å². The van der Waals surface area contributed by atoms with E-state index in [4.69, 9.17) is 74.3 Å². The third kappa shape index (κ3) is 22.6. The van der Waals surface area contributed by atoms with Gasteiger partial charge in [-0.1, -0.05) is 148 Å². The Hall–Kier alpha value is -10.6. The van der Waals surface area contributed by atoms with Crippen molar-refractivity contribution in [2.45, 2.75) is 112 Å². The van der Waals surface area contributed by atoms with Gasteiger partial charge in [-0.15, -0.1) is 0 Å². The van der Waals surface area contributed by atoms with E-state index in [1.165, 1.54) is 32.1 Å². The molecule has 0 bridgehead atoms. The molecule has 2 aliphatic rings. The molecule has 7 aromatic heterocycles. The Morgan fingerprint density at radius 1 is 0.559 bits per heavy atom. The second-order valence-electron chi connectivity index (χ2n) is 30.4. The maximum Gasteiger partial charge on any atom is 0.252 e. The highest BCUT2D eigenvalue weighted by Gasteiger charge is 2.31. The first kappa shape index (κ1) is 88.2. The zero-order valence-electron chi connectivity index (χ0n) is 67.1. The van der Waals surface area contributed by atoms with Crippen LogP contribution in [-0.2, 0) is 10.4 Å². The summed E-state index contributed by atoms with van der Waals surface area (Å²) in [6.45, 7) is 16.5. The number of H-pyrrole nitrogens is 7. The Morgan fingerprint density at radius 2 is 1.04 bits per heavy atom. The van der Waals surface area contributed by atoms with Crippen molar-refractivity contribution in [1.82, 2.24) is 86.9 Å². The van der Waals surface area contributed by atoms with Crippen molar-refractivity contribution in [3.05, 3.63) is 217 Å². The number of carbonyl (C=O) groups excluding carboxylic acids is 4. The Bertz CT molecular complexity index is 5910. The molecule has 8 aromatic carbocycles. The van der Waals surface area contributed by atoms with E-state index in [0.717, 1.165) is 148 Å². The number of amides is 3. The molecule has 2 unspecified atom stereocenters. The minimum atomic E-state index is -0.910. The first-order valence-electron chi connectivity index (χ1n) is 38.9. The number of benzene rings is 8. The van der Waals surface area contributed by atoms with Crippen molar-refractivity contribution in [3.8, 4) is 16.9 Å². The highest BCUT2D eigenvalue weighted by molar-refractivity contribution is 6.34. The van der Waals surface area contributed by atoms with Gasteiger partial charge in [-0.25, -0.2) is 0 Å². The summed E-state index contributed by atoms with van der Waals surface area (Å²) in [5.74, 6) is 2.53. The second kappa shape index (κ2) is 40.7. The molecule has 0 radical (unpaired) electrons. The quantitative estimate of drug-likeness (QED) is 0.0401. The van der Waals surface area contributed by atoms with Gasteiger partial charge in [-0.3, -0.25) is 54.9 Å². The lowest BCUT2D eigenvalue weighted by atomic mass is 9.85. The highest BCUT2D eigenvalue weighted by Crippen LogP contribution is 2.38. The van der Waals surface area contributed by atoms with E-state index in [-0.39, 0.29) is 35.3 Å². The van der Waals surface area contributed by atoms with Crippen LogP contribution in [0.1, 0.15) is 148 Å². The van der Waals surface area contributed by atoms with Crippen LogP contribution in [0.5, 0.6) is 5.75 Å². The number of ether oxygens (including phenoxy) is 1. The molecule has 3 amide bonds. The van der Waals surface area contributed by atoms with Crippen LogP contribution in [-0.4, -0.2) is 157 Å². The fraction of sp³-hybridized carbons (Fsp3) is 0.322. The van der Waals surface area contributed by atoms with Crippen LogP contribution in [0.4, 0.5) is 5.69 Å². The molecular formula is C87H96Cl6N18O7. The van der Waals surface area contributed by atoms with Crippen LogP contribution >= 0.6 is 69.6 Å². The van der Waals surface area contributed by atoms with Gasteiger partial charge in [0, 0.05) is 126 Å². The number of ketones is 1. The van der Waals surface area contributed by atoms with Gasteiger partial charge in [-0.2, -0.15) is 35.7 Å². The van der Waals surface area contributed by atoms with Crippen molar-refractivity contribution >= 4 is 175 Å². The molecule has 11 N–H and O–H groups in total. The summed E-state index contributed by atoms with van der Waals surface area (Å²) in [5, 5.41) is 83.5. The lowest BCUT2D eigenvalue weighted by Crippen LogP contribution is -2.31. The number of aromatic amines is 7. The smallest absolute Gasteiger partial charge is 0.252 e. The lowest BCUT2D eigenvalue weighted by molar-refractivity contribution is -0.132. The summed E-state index contributed by atoms with van der Waals surface area (Å²) in [6, 6.07) is 35.0. The Balaban J connectivity index is 0.000000136. The summed E-state index contributed by atoms with van der Waals surface area (Å²) >= 11 is 36.2. The zero-order chi connectivity index (χ0) is 84.5. The monoisotopic (exact) mass is 1710 g/mol. The van der Waals surface area contributed by atoms with Crippen LogP contribution in [0.25, 0.3) is 87.4 Å². The van der Waals surface area contributed by atoms with Gasteiger partial charge in [-0.05, 0) is 171 Å². The van der Waals surface area contributed by atoms with Gasteiger partial charge in [0.2, 0.25) is 5.91 Å². The molecule has 17 rings (SSSR count). The van der Waals surface area contributed by atoms with Gasteiger partial charge in [0.25, 0.3) is 11.8 Å². The van der Waals surface area contributed by atoms with Crippen LogP contribution < -0.4 is 20.3 Å². The van der Waals surface area contributed by atoms with Crippen LogP contribution in [0.2, 0.25) is 30.1 Å². The van der Waals surface area contributed by atoms with Crippen molar-refractivity contribution in [3.63, 3.8) is 0 Å². The molecule has 618 valence electrons. The molecule has 8 heterocycles. The Kier molecular flexibility index (Phi) is 30.4. The fourth-order valence-corrected chi connectivity index (χ4v) is 15.5. The van der Waals surface area contributed by atoms with Gasteiger partial charge in [0.05, 0.1) is 117 Å². The van der Waals surface area contributed by atoms with Gasteiger partial charge < -0.3 is 35.4 Å². The number of Topliss-reactive ketones (excluding diaryl/α,β-unsaturated/α-hetero) is 1. The minimum absolute atomic E-state index is 0.0610. The third-order valence-corrected chi connectivity index (χ3v) is 21.5. The van der Waals surface area contributed by atoms with E-state index < -0.39 is 11.7 Å². The summed E-state index contributed by atoms with van der Waals surface area (Å²) in [5.41, 5.74) is 11.8. The van der Waals surface area contributed by atoms with Gasteiger partial charge in [0.1, 0.15) is 5.75 Å². The van der Waals surface area contributed by atoms with E-state index in [9.17, 15) is 29.4 Å². The molecule has 118 heavy (non-hydrogen) atoms. The molecular weight excluding hydrogens is 1620 g/mol. The zero-order valence-corrected chi connectivity index (χ0v) is 71.6. The van der Waals surface area contributed by atoms with Gasteiger partial charge >= 0.3 is 0 Å². The maximum atomic E-state index is 12.5. The van der Waals surface area contributed by atoms with Crippen molar-refractivity contribution in [2.24, 2.45) is 23.7 Å². The molecule has 1 saturated carbocycles. The number of hydrogen-bond acceptors (Lipinski definition) is 15. The summed E-state index contributed by atoms with van der Waals surface area (Å²) < 4.78 is 5.68. The number of aliphatic hydroxyl groups is 2. The molecule has 1 aliphatic carbocycles. The summed E-state index contributed by atoms with van der Waals surface area (Å²) in [6.07, 6.45) is 20.7. The number of aliphatic hydroxyl groups excluding tert-OH is 1. The molecule has 31 heteroatoms. The predicted octanol–water partition coefficient (Wildman–Crippen LogP) is 20.0. The number of fused-ring (bicyclic) bond motifs is 7. The summed E-state index contributed by atoms with van der Waals surface area (Å²) in [7, 11) is 5.22.